The third-order valence-electron chi connectivity index (χ3n) is 2.48. The summed E-state index contributed by atoms with van der Waals surface area (Å²) in [5.41, 5.74) is 1.25. The molecule has 2 N–H and O–H groups in total. The van der Waals surface area contributed by atoms with Crippen LogP contribution in [-0.2, 0) is 11.2 Å². The van der Waals surface area contributed by atoms with Gasteiger partial charge in [0.05, 0.1) is 0 Å². The zero-order valence-corrected chi connectivity index (χ0v) is 11.8. The summed E-state index contributed by atoms with van der Waals surface area (Å²) in [4.78, 5) is 11.4. The lowest BCUT2D eigenvalue weighted by atomic mass is 10.1. The van der Waals surface area contributed by atoms with Crippen molar-refractivity contribution < 1.29 is 4.79 Å². The van der Waals surface area contributed by atoms with Gasteiger partial charge < -0.3 is 10.6 Å². The Labute approximate surface area is 114 Å². The van der Waals surface area contributed by atoms with Gasteiger partial charge in [-0.1, -0.05) is 23.7 Å². The summed E-state index contributed by atoms with van der Waals surface area (Å²) in [6.07, 6.45) is 1.47. The summed E-state index contributed by atoms with van der Waals surface area (Å²) in [5.74, 6) is 0.101. The molecule has 0 aliphatic rings. The van der Waals surface area contributed by atoms with Crippen LogP contribution in [0.5, 0.6) is 0 Å². The van der Waals surface area contributed by atoms with Crippen LogP contribution in [0.3, 0.4) is 0 Å². The minimum absolute atomic E-state index is 0.101. The average molecular weight is 269 g/mol. The van der Waals surface area contributed by atoms with Crippen LogP contribution in [0, 0.1) is 0 Å². The molecule has 1 aromatic carbocycles. The molecule has 0 fully saturated rings. The molecule has 1 rings (SSSR count). The molecule has 0 unspecified atom stereocenters. The minimum atomic E-state index is 0.101. The van der Waals surface area contributed by atoms with Crippen molar-refractivity contribution in [1.82, 2.24) is 10.6 Å². The van der Waals surface area contributed by atoms with Gasteiger partial charge >= 0.3 is 0 Å². The summed E-state index contributed by atoms with van der Waals surface area (Å²) < 4.78 is 0. The number of amides is 1. The highest BCUT2D eigenvalue weighted by molar-refractivity contribution is 6.30. The van der Waals surface area contributed by atoms with Gasteiger partial charge in [0, 0.05) is 24.0 Å². The summed E-state index contributed by atoms with van der Waals surface area (Å²) in [5, 5.41) is 6.88. The van der Waals surface area contributed by atoms with Gasteiger partial charge in [-0.15, -0.1) is 0 Å². The molecular weight excluding hydrogens is 248 g/mol. The maximum atomic E-state index is 11.4. The number of benzene rings is 1. The predicted octanol–water partition coefficient (Wildman–Crippen LogP) is 2.39. The molecular formula is C14H21ClN2O. The van der Waals surface area contributed by atoms with Crippen molar-refractivity contribution in [3.05, 3.63) is 34.9 Å². The fourth-order valence-electron chi connectivity index (χ4n) is 1.60. The van der Waals surface area contributed by atoms with Gasteiger partial charge in [-0.25, -0.2) is 0 Å². The number of nitrogens with one attached hydrogen (secondary N) is 2. The van der Waals surface area contributed by atoms with Crippen LogP contribution in [0.1, 0.15) is 25.8 Å². The van der Waals surface area contributed by atoms with Crippen molar-refractivity contribution in [3.63, 3.8) is 0 Å². The molecule has 0 aliphatic heterocycles. The maximum absolute atomic E-state index is 11.4. The molecule has 0 heterocycles. The fraction of sp³-hybridized carbons (Fsp3) is 0.500. The Morgan fingerprint density at radius 3 is 2.50 bits per heavy atom. The minimum Gasteiger partial charge on any atom is -0.354 e. The normalized spacial score (nSPS) is 10.7. The van der Waals surface area contributed by atoms with Gasteiger partial charge in [0.2, 0.25) is 5.91 Å². The summed E-state index contributed by atoms with van der Waals surface area (Å²) >= 11 is 5.81. The zero-order valence-electron chi connectivity index (χ0n) is 11.0. The average Bonchev–Trinajstić information content (AvgIpc) is 2.30. The van der Waals surface area contributed by atoms with E-state index in [0.717, 1.165) is 18.0 Å². The Morgan fingerprint density at radius 1 is 1.22 bits per heavy atom. The Morgan fingerprint density at radius 2 is 1.89 bits per heavy atom. The highest BCUT2D eigenvalue weighted by atomic mass is 35.5. The smallest absolute Gasteiger partial charge is 0.221 e. The predicted molar refractivity (Wildman–Crippen MR) is 75.9 cm³/mol. The third kappa shape index (κ3) is 6.62. The molecule has 0 saturated heterocycles. The van der Waals surface area contributed by atoms with Crippen LogP contribution >= 0.6 is 11.6 Å². The van der Waals surface area contributed by atoms with E-state index >= 15 is 0 Å². The summed E-state index contributed by atoms with van der Waals surface area (Å²) in [6.45, 7) is 5.51. The lowest BCUT2D eigenvalue weighted by Crippen LogP contribution is -2.32. The second kappa shape index (κ2) is 8.11. The highest BCUT2D eigenvalue weighted by Crippen LogP contribution is 2.09. The summed E-state index contributed by atoms with van der Waals surface area (Å²) in [7, 11) is 0. The van der Waals surface area contributed by atoms with Crippen molar-refractivity contribution in [2.45, 2.75) is 32.7 Å². The quantitative estimate of drug-likeness (QED) is 0.746. The molecule has 100 valence electrons. The Kier molecular flexibility index (Phi) is 6.76. The van der Waals surface area contributed by atoms with Crippen LogP contribution < -0.4 is 10.6 Å². The molecule has 4 heteroatoms. The van der Waals surface area contributed by atoms with Gasteiger partial charge in [-0.05, 0) is 44.5 Å². The van der Waals surface area contributed by atoms with Crippen molar-refractivity contribution >= 4 is 17.5 Å². The SMILES string of the molecule is CC(C)NC(=O)CCNCCc1ccc(Cl)cc1. The van der Waals surface area contributed by atoms with Gasteiger partial charge in [-0.2, -0.15) is 0 Å². The van der Waals surface area contributed by atoms with E-state index in [2.05, 4.69) is 10.6 Å². The molecule has 18 heavy (non-hydrogen) atoms. The van der Waals surface area contributed by atoms with E-state index in [4.69, 9.17) is 11.6 Å². The van der Waals surface area contributed by atoms with Crippen LogP contribution in [0.15, 0.2) is 24.3 Å². The number of halogens is 1. The molecule has 3 nitrogen and oxygen atoms in total. The third-order valence-corrected chi connectivity index (χ3v) is 2.73. The number of carbonyl (C=O) groups excluding carboxylic acids is 1. The Balaban J connectivity index is 2.08. The van der Waals surface area contributed by atoms with Gasteiger partial charge in [0.1, 0.15) is 0 Å². The Bertz CT molecular complexity index is 363. The lowest BCUT2D eigenvalue weighted by Gasteiger charge is -2.08. The molecule has 1 amide bonds. The van der Waals surface area contributed by atoms with E-state index in [9.17, 15) is 4.79 Å². The first-order chi connectivity index (χ1) is 8.58. The molecule has 1 aromatic rings. The number of hydrogen-bond donors (Lipinski definition) is 2. The van der Waals surface area contributed by atoms with Crippen LogP contribution in [-0.4, -0.2) is 25.0 Å². The van der Waals surface area contributed by atoms with Crippen LogP contribution in [0.25, 0.3) is 0 Å². The van der Waals surface area contributed by atoms with Crippen molar-refractivity contribution in [2.75, 3.05) is 13.1 Å². The molecule has 0 atom stereocenters. The van der Waals surface area contributed by atoms with Crippen LogP contribution in [0.2, 0.25) is 5.02 Å². The van der Waals surface area contributed by atoms with Crippen molar-refractivity contribution in [1.29, 1.82) is 0 Å². The van der Waals surface area contributed by atoms with Gasteiger partial charge in [0.25, 0.3) is 0 Å². The second-order valence-corrected chi connectivity index (χ2v) is 5.04. The standard InChI is InChI=1S/C14H21ClN2O/c1-11(2)17-14(18)8-10-16-9-7-12-3-5-13(15)6-4-12/h3-6,11,16H,7-10H2,1-2H3,(H,17,18). The zero-order chi connectivity index (χ0) is 13.4. The van der Waals surface area contributed by atoms with Gasteiger partial charge in [0.15, 0.2) is 0 Å². The van der Waals surface area contributed by atoms with Crippen molar-refractivity contribution in [2.24, 2.45) is 0 Å². The molecule has 0 saturated carbocycles. The molecule has 0 aliphatic carbocycles. The van der Waals surface area contributed by atoms with E-state index < -0.39 is 0 Å². The largest absolute Gasteiger partial charge is 0.354 e. The highest BCUT2D eigenvalue weighted by Gasteiger charge is 2.01. The van der Waals surface area contributed by atoms with Crippen molar-refractivity contribution in [3.8, 4) is 0 Å². The lowest BCUT2D eigenvalue weighted by molar-refractivity contribution is -0.121. The monoisotopic (exact) mass is 268 g/mol. The summed E-state index contributed by atoms with van der Waals surface area (Å²) in [6, 6.07) is 8.05. The maximum Gasteiger partial charge on any atom is 0.221 e. The van der Waals surface area contributed by atoms with E-state index in [1.165, 1.54) is 5.56 Å². The number of hydrogen-bond acceptors (Lipinski definition) is 2. The number of rotatable bonds is 7. The Hall–Kier alpha value is -1.06. The number of carbonyl (C=O) groups is 1. The molecule has 0 bridgehead atoms. The first kappa shape index (κ1) is 15.0. The van der Waals surface area contributed by atoms with E-state index in [0.29, 0.717) is 13.0 Å². The van der Waals surface area contributed by atoms with E-state index in [1.807, 2.05) is 38.1 Å². The fourth-order valence-corrected chi connectivity index (χ4v) is 1.73. The topological polar surface area (TPSA) is 41.1 Å². The van der Waals surface area contributed by atoms with E-state index in [1.54, 1.807) is 0 Å². The first-order valence-corrected chi connectivity index (χ1v) is 6.70. The molecule has 0 spiro atoms. The first-order valence-electron chi connectivity index (χ1n) is 6.32. The van der Waals surface area contributed by atoms with Gasteiger partial charge in [-0.3, -0.25) is 4.79 Å². The van der Waals surface area contributed by atoms with E-state index in [-0.39, 0.29) is 11.9 Å². The molecule has 0 aromatic heterocycles. The van der Waals surface area contributed by atoms with Crippen LogP contribution in [0.4, 0.5) is 0 Å². The second-order valence-electron chi connectivity index (χ2n) is 4.60. The molecule has 0 radical (unpaired) electrons.